The molecule has 9 heteroatoms. The Kier molecular flexibility index (Phi) is 36.5. The maximum absolute atomic E-state index is 9.34. The average Bonchev–Trinajstić information content (AvgIpc) is 2.10. The first-order valence-corrected chi connectivity index (χ1v) is 2.91. The van der Waals surface area contributed by atoms with Crippen LogP contribution in [0.2, 0.25) is 0 Å². The van der Waals surface area contributed by atoms with Crippen LogP contribution in [0.5, 0.6) is 0 Å². The van der Waals surface area contributed by atoms with Crippen molar-refractivity contribution in [2.75, 3.05) is 0 Å². The summed E-state index contributed by atoms with van der Waals surface area (Å²) in [4.78, 5) is 33.7. The molecule has 0 saturated carbocycles. The van der Waals surface area contributed by atoms with Crippen LogP contribution in [0.3, 0.4) is 0 Å². The number of aliphatic hydroxyl groups is 1. The highest BCUT2D eigenvalue weighted by molar-refractivity contribution is 5.68. The third-order valence-electron chi connectivity index (χ3n) is 0.341. The molecule has 0 heterocycles. The summed E-state index contributed by atoms with van der Waals surface area (Å²) < 4.78 is 0. The van der Waals surface area contributed by atoms with Gasteiger partial charge in [0, 0.05) is 15.8 Å². The van der Waals surface area contributed by atoms with Crippen molar-refractivity contribution in [1.29, 1.82) is 0 Å². The number of nitrogens with two attached hydrogens (primary N) is 2. The minimum Gasteiger partial charge on any atom is -0.550 e. The Hall–Kier alpha value is -1.90. The third-order valence-corrected chi connectivity index (χ3v) is 0.341. The van der Waals surface area contributed by atoms with Gasteiger partial charge in [0.25, 0.3) is 0 Å². The summed E-state index contributed by atoms with van der Waals surface area (Å²) in [6, 6.07) is 0. The molecule has 0 radical (unpaired) electrons. The van der Waals surface area contributed by atoms with E-state index in [4.69, 9.17) is 24.8 Å². The van der Waals surface area contributed by atoms with E-state index in [1.54, 1.807) is 0 Å². The normalized spacial score (nSPS) is 8.21. The van der Waals surface area contributed by atoms with Crippen LogP contribution in [0.1, 0.15) is 13.8 Å². The predicted octanol–water partition coefficient (Wildman–Crippen LogP) is -6.10. The van der Waals surface area contributed by atoms with Gasteiger partial charge in [-0.25, -0.2) is 0 Å². The summed E-state index contributed by atoms with van der Waals surface area (Å²) in [5.74, 6) is -2.52. The fourth-order valence-corrected chi connectivity index (χ4v) is 0. The van der Waals surface area contributed by atoms with E-state index in [2.05, 4.69) is 11.2 Å². The molecule has 0 aliphatic rings. The molecular weight excluding hydrogens is 200 g/mol. The molecule has 0 aliphatic heterocycles. The quantitative estimate of drug-likeness (QED) is 0.385. The van der Waals surface area contributed by atoms with Crippen LogP contribution in [-0.4, -0.2) is 23.1 Å². The second kappa shape index (κ2) is 22.5. The van der Waals surface area contributed by atoms with Gasteiger partial charge in [0.05, 0.1) is 12.1 Å². The number of aliphatic hydroxyl groups excluding tert-OH is 1. The summed E-state index contributed by atoms with van der Waals surface area (Å²) in [5, 5.41) is 26.2. The van der Waals surface area contributed by atoms with Gasteiger partial charge in [-0.2, -0.15) is 0 Å². The third kappa shape index (κ3) is 190. The molecule has 0 aromatic heterocycles. The van der Waals surface area contributed by atoms with Crippen molar-refractivity contribution in [3.63, 3.8) is 0 Å². The highest BCUT2D eigenvalue weighted by Gasteiger charge is 1.89. The van der Waals surface area contributed by atoms with Crippen molar-refractivity contribution < 1.29 is 36.1 Å². The first-order chi connectivity index (χ1) is 6.37. The molecule has 0 aromatic rings. The molecule has 14 heavy (non-hydrogen) atoms. The van der Waals surface area contributed by atoms with Crippen molar-refractivity contribution >= 4 is 11.9 Å². The molecular formula is C5H12N2O7. The molecule has 84 valence electrons. The van der Waals surface area contributed by atoms with Gasteiger partial charge in [0.2, 0.25) is 0 Å². The molecule has 0 rings (SSSR count). The van der Waals surface area contributed by atoms with Crippen LogP contribution in [0.25, 0.3) is 0 Å². The van der Waals surface area contributed by atoms with Gasteiger partial charge in [-0.1, -0.05) is 0 Å². The second-order valence-corrected chi connectivity index (χ2v) is 1.49. The zero-order valence-electron chi connectivity index (χ0n) is 7.63. The molecule has 0 saturated heterocycles. The molecule has 5 N–H and O–H groups in total. The lowest BCUT2D eigenvalue weighted by Gasteiger charge is -2.00. The predicted molar refractivity (Wildman–Crippen MR) is 38.0 cm³/mol. The number of nitroso groups, excluding NO2 is 2. The Morgan fingerprint density at radius 3 is 1.21 bits per heavy atom. The van der Waals surface area contributed by atoms with Crippen LogP contribution in [0, 0.1) is 9.81 Å². The molecule has 0 aliphatic carbocycles. The summed E-state index contributed by atoms with van der Waals surface area (Å²) in [6.45, 7) is 2.11. The van der Waals surface area contributed by atoms with Gasteiger partial charge in [0.15, 0.2) is 0 Å². The number of aliphatic carboxylic acids is 2. The van der Waals surface area contributed by atoms with Gasteiger partial charge in [-0.15, -0.1) is 0 Å². The number of carbonyl (C=O) groups is 2. The smallest absolute Gasteiger partial charge is 0.0905 e. The highest BCUT2D eigenvalue weighted by atomic mass is 16.4. The second-order valence-electron chi connectivity index (χ2n) is 1.49. The van der Waals surface area contributed by atoms with E-state index in [1.165, 1.54) is 0 Å². The molecule has 9 nitrogen and oxygen atoms in total. The number of carboxylic acid groups (broad SMARTS) is 2. The Bertz CT molecular complexity index is 143. The number of hydrogen-bond acceptors (Lipinski definition) is 7. The highest BCUT2D eigenvalue weighted by Crippen LogP contribution is 1.69. The topological polar surface area (TPSA) is 186 Å². The molecule has 0 spiro atoms. The van der Waals surface area contributed by atoms with Gasteiger partial charge >= 0.3 is 0 Å². The molecule has 1 unspecified atom stereocenters. The average molecular weight is 212 g/mol. The summed E-state index contributed by atoms with van der Waals surface area (Å²) >= 11 is 0. The minimum absolute atomic E-state index is 0.972. The van der Waals surface area contributed by atoms with E-state index in [-0.39, 0.29) is 0 Å². The minimum atomic E-state index is -1.44. The van der Waals surface area contributed by atoms with E-state index >= 15 is 0 Å². The number of rotatable bonds is 1. The zero-order chi connectivity index (χ0) is 12.7. The lowest BCUT2D eigenvalue weighted by Crippen LogP contribution is -2.32. The Balaban J connectivity index is -0.0000000546. The van der Waals surface area contributed by atoms with Crippen LogP contribution in [0.4, 0.5) is 0 Å². The number of carbonyl (C=O) groups excluding carboxylic acids is 2. The SMILES string of the molecule is CC(=O)[O-].CC(O)C(=O)[O-].[NH2+]=O.[NH2+]=O. The van der Waals surface area contributed by atoms with Crippen LogP contribution < -0.4 is 21.4 Å². The van der Waals surface area contributed by atoms with Gasteiger partial charge in [0.1, 0.15) is 0 Å². The van der Waals surface area contributed by atoms with Gasteiger partial charge in [-0.05, 0) is 25.0 Å². The maximum atomic E-state index is 9.34. The Morgan fingerprint density at radius 2 is 1.21 bits per heavy atom. The Labute approximate surface area is 78.9 Å². The van der Waals surface area contributed by atoms with Crippen molar-refractivity contribution in [2.24, 2.45) is 0 Å². The van der Waals surface area contributed by atoms with E-state index in [0.717, 1.165) is 13.8 Å². The van der Waals surface area contributed by atoms with Crippen LogP contribution in [-0.2, 0) is 9.59 Å². The van der Waals surface area contributed by atoms with Crippen LogP contribution in [0.15, 0.2) is 0 Å². The fraction of sp³-hybridized carbons (Fsp3) is 0.600. The van der Waals surface area contributed by atoms with E-state index in [0.29, 0.717) is 0 Å². The van der Waals surface area contributed by atoms with E-state index in [1.807, 2.05) is 0 Å². The van der Waals surface area contributed by atoms with Gasteiger partial charge < -0.3 is 24.9 Å². The monoisotopic (exact) mass is 212 g/mol. The molecule has 1 atom stereocenters. The van der Waals surface area contributed by atoms with Crippen molar-refractivity contribution in [2.45, 2.75) is 20.0 Å². The fourth-order valence-electron chi connectivity index (χ4n) is 0. The molecule has 0 fully saturated rings. The maximum Gasteiger partial charge on any atom is 0.0905 e. The number of carboxylic acids is 2. The zero-order valence-corrected chi connectivity index (χ0v) is 7.63. The summed E-state index contributed by atoms with van der Waals surface area (Å²) in [6.07, 6.45) is -1.34. The summed E-state index contributed by atoms with van der Waals surface area (Å²) in [5.41, 5.74) is 6.50. The lowest BCUT2D eigenvalue weighted by molar-refractivity contribution is -0.314. The van der Waals surface area contributed by atoms with Crippen molar-refractivity contribution in [3.05, 3.63) is 9.81 Å². The molecule has 0 amide bonds. The van der Waals surface area contributed by atoms with E-state index < -0.39 is 18.0 Å². The van der Waals surface area contributed by atoms with Crippen molar-refractivity contribution in [3.8, 4) is 0 Å². The first kappa shape index (κ1) is 22.7. The van der Waals surface area contributed by atoms with E-state index in [9.17, 15) is 9.90 Å². The van der Waals surface area contributed by atoms with Crippen molar-refractivity contribution in [1.82, 2.24) is 0 Å². The molecule has 0 aromatic carbocycles. The van der Waals surface area contributed by atoms with Gasteiger partial charge in [-0.3, -0.25) is 0 Å². The largest absolute Gasteiger partial charge is 0.550 e. The standard InChI is InChI=1S/C3H6O3.C2H4O2.2H2NO/c1-2(4)3(5)6;1-2(3)4;2*1-2/h2,4H,1H3,(H,5,6);1H3,(H,3,4);2*1H2/q;;2*+1/p-2. The first-order valence-electron chi connectivity index (χ1n) is 2.91. The summed E-state index contributed by atoms with van der Waals surface area (Å²) in [7, 11) is 0. The number of hydrogen-bond donors (Lipinski definition) is 3. The molecule has 0 bridgehead atoms. The lowest BCUT2D eigenvalue weighted by atomic mass is 10.4. The Morgan fingerprint density at radius 1 is 1.14 bits per heavy atom. The van der Waals surface area contributed by atoms with Crippen LogP contribution >= 0.6 is 0 Å².